The number of halogens is 1. The first kappa shape index (κ1) is 10.0. The molecule has 0 fully saturated rings. The normalized spacial score (nSPS) is 9.08. The summed E-state index contributed by atoms with van der Waals surface area (Å²) in [6.07, 6.45) is 0. The second kappa shape index (κ2) is 4.25. The van der Waals surface area contributed by atoms with Gasteiger partial charge in [0.25, 0.3) is 0 Å². The van der Waals surface area contributed by atoms with Crippen LogP contribution in [0.3, 0.4) is 0 Å². The molecule has 0 N–H and O–H groups in total. The topological polar surface area (TPSA) is 23.8 Å². The Morgan fingerprint density at radius 3 is 2.15 bits per heavy atom. The minimum absolute atomic E-state index is 0.757. The summed E-state index contributed by atoms with van der Waals surface area (Å²) >= 11 is 3.35. The van der Waals surface area contributed by atoms with E-state index in [4.69, 9.17) is 5.26 Å². The van der Waals surface area contributed by atoms with Crippen molar-refractivity contribution in [2.24, 2.45) is 0 Å². The number of benzene rings is 1. The molecule has 0 saturated carbocycles. The molecular weight excluding hydrogens is 226 g/mol. The molecule has 1 rings (SSSR count). The number of hydrogen-bond acceptors (Lipinski definition) is 1. The smallest absolute Gasteiger partial charge is 0.0997 e. The largest absolute Gasteiger partial charge is 0.192 e. The first-order valence-electron chi connectivity index (χ1n) is 3.98. The zero-order valence-corrected chi connectivity index (χ0v) is 9.22. The van der Waals surface area contributed by atoms with E-state index in [-0.39, 0.29) is 0 Å². The highest BCUT2D eigenvalue weighted by Crippen LogP contribution is 2.19. The molecule has 0 aliphatic heterocycles. The highest BCUT2D eigenvalue weighted by Gasteiger charge is 2.01. The quantitative estimate of drug-likeness (QED) is 0.681. The molecule has 0 spiro atoms. The molecule has 0 atom stereocenters. The van der Waals surface area contributed by atoms with Crippen LogP contribution in [0.4, 0.5) is 0 Å². The Labute approximate surface area is 86.8 Å². The molecule has 2 heteroatoms. The molecule has 0 aromatic heterocycles. The molecule has 0 unspecified atom stereocenters. The Morgan fingerprint density at radius 2 is 1.77 bits per heavy atom. The van der Waals surface area contributed by atoms with E-state index in [0.29, 0.717) is 0 Å². The number of allylic oxidation sites excluding steroid dienone is 2. The van der Waals surface area contributed by atoms with Crippen molar-refractivity contribution in [3.05, 3.63) is 39.9 Å². The third-order valence-corrected chi connectivity index (χ3v) is 2.27. The molecule has 1 aromatic carbocycles. The van der Waals surface area contributed by atoms with E-state index in [2.05, 4.69) is 22.0 Å². The Hall–Kier alpha value is -1.07. The van der Waals surface area contributed by atoms with Crippen LogP contribution in [-0.4, -0.2) is 0 Å². The molecule has 66 valence electrons. The van der Waals surface area contributed by atoms with Crippen LogP contribution < -0.4 is 0 Å². The molecule has 0 bridgehead atoms. The van der Waals surface area contributed by atoms with Crippen LogP contribution in [0.15, 0.2) is 34.3 Å². The second-order valence-corrected chi connectivity index (χ2v) is 3.91. The summed E-state index contributed by atoms with van der Waals surface area (Å²) in [5.41, 5.74) is 2.78. The summed E-state index contributed by atoms with van der Waals surface area (Å²) in [7, 11) is 0. The van der Waals surface area contributed by atoms with Crippen LogP contribution >= 0.6 is 15.9 Å². The van der Waals surface area contributed by atoms with Crippen molar-refractivity contribution in [1.82, 2.24) is 0 Å². The fraction of sp³-hybridized carbons (Fsp3) is 0.182. The fourth-order valence-electron chi connectivity index (χ4n) is 1.08. The van der Waals surface area contributed by atoms with E-state index in [1.54, 1.807) is 0 Å². The summed E-state index contributed by atoms with van der Waals surface area (Å²) in [6.45, 7) is 3.89. The number of nitriles is 1. The lowest BCUT2D eigenvalue weighted by molar-refractivity contribution is 1.38. The zero-order chi connectivity index (χ0) is 9.84. The Kier molecular flexibility index (Phi) is 3.27. The van der Waals surface area contributed by atoms with Crippen molar-refractivity contribution in [3.8, 4) is 6.07 Å². The molecule has 0 radical (unpaired) electrons. The van der Waals surface area contributed by atoms with Gasteiger partial charge in [-0.25, -0.2) is 0 Å². The van der Waals surface area contributed by atoms with Crippen LogP contribution in [0.1, 0.15) is 19.4 Å². The summed E-state index contributed by atoms with van der Waals surface area (Å²) in [6, 6.07) is 9.96. The Balaban J connectivity index is 3.17. The van der Waals surface area contributed by atoms with E-state index >= 15 is 0 Å². The minimum atomic E-state index is 0.757. The lowest BCUT2D eigenvalue weighted by Gasteiger charge is -2.00. The first-order valence-corrected chi connectivity index (χ1v) is 4.78. The first-order chi connectivity index (χ1) is 6.15. The van der Waals surface area contributed by atoms with Gasteiger partial charge in [0.2, 0.25) is 0 Å². The predicted molar refractivity (Wildman–Crippen MR) is 58.0 cm³/mol. The maximum atomic E-state index is 8.90. The van der Waals surface area contributed by atoms with E-state index in [9.17, 15) is 0 Å². The van der Waals surface area contributed by atoms with Crippen LogP contribution in [0.25, 0.3) is 5.57 Å². The van der Waals surface area contributed by atoms with Crippen molar-refractivity contribution in [2.75, 3.05) is 0 Å². The van der Waals surface area contributed by atoms with Gasteiger partial charge in [-0.15, -0.1) is 0 Å². The van der Waals surface area contributed by atoms with E-state index in [1.807, 2.05) is 38.1 Å². The van der Waals surface area contributed by atoms with E-state index in [1.165, 1.54) is 0 Å². The van der Waals surface area contributed by atoms with Crippen LogP contribution in [-0.2, 0) is 0 Å². The maximum absolute atomic E-state index is 8.90. The van der Waals surface area contributed by atoms with Crippen molar-refractivity contribution >= 4 is 21.5 Å². The van der Waals surface area contributed by atoms with Crippen LogP contribution in [0, 0.1) is 11.3 Å². The van der Waals surface area contributed by atoms with Gasteiger partial charge in [0.1, 0.15) is 0 Å². The lowest BCUT2D eigenvalue weighted by atomic mass is 10.0. The average molecular weight is 236 g/mol. The monoisotopic (exact) mass is 235 g/mol. The average Bonchev–Trinajstić information content (AvgIpc) is 2.09. The van der Waals surface area contributed by atoms with Crippen LogP contribution in [0.5, 0.6) is 0 Å². The number of nitrogens with zero attached hydrogens (tertiary/aromatic N) is 1. The summed E-state index contributed by atoms with van der Waals surface area (Å²) in [5, 5.41) is 8.90. The van der Waals surface area contributed by atoms with Gasteiger partial charge in [-0.1, -0.05) is 33.6 Å². The molecule has 0 aliphatic rings. The Morgan fingerprint density at radius 1 is 1.23 bits per heavy atom. The van der Waals surface area contributed by atoms with Crippen molar-refractivity contribution in [2.45, 2.75) is 13.8 Å². The van der Waals surface area contributed by atoms with Gasteiger partial charge < -0.3 is 0 Å². The highest BCUT2D eigenvalue weighted by molar-refractivity contribution is 9.10. The van der Waals surface area contributed by atoms with Gasteiger partial charge in [-0.05, 0) is 31.5 Å². The van der Waals surface area contributed by atoms with Crippen molar-refractivity contribution < 1.29 is 0 Å². The lowest BCUT2D eigenvalue weighted by Crippen LogP contribution is -1.83. The molecule has 1 nitrogen and oxygen atoms in total. The maximum Gasteiger partial charge on any atom is 0.0997 e. The Bertz CT molecular complexity index is 364. The molecule has 0 aliphatic carbocycles. The molecule has 0 amide bonds. The SMILES string of the molecule is CC(C)=C(C#N)c1ccc(Br)cc1. The third-order valence-electron chi connectivity index (χ3n) is 1.74. The van der Waals surface area contributed by atoms with Gasteiger partial charge in [0.05, 0.1) is 11.6 Å². The van der Waals surface area contributed by atoms with Gasteiger partial charge in [-0.2, -0.15) is 5.26 Å². The van der Waals surface area contributed by atoms with Gasteiger partial charge >= 0.3 is 0 Å². The highest BCUT2D eigenvalue weighted by atomic mass is 79.9. The minimum Gasteiger partial charge on any atom is -0.192 e. The van der Waals surface area contributed by atoms with Crippen molar-refractivity contribution in [1.29, 1.82) is 5.26 Å². The van der Waals surface area contributed by atoms with Crippen LogP contribution in [0.2, 0.25) is 0 Å². The van der Waals surface area contributed by atoms with Crippen molar-refractivity contribution in [3.63, 3.8) is 0 Å². The summed E-state index contributed by atoms with van der Waals surface area (Å²) in [5.74, 6) is 0. The van der Waals surface area contributed by atoms with E-state index < -0.39 is 0 Å². The van der Waals surface area contributed by atoms with Gasteiger partial charge in [-0.3, -0.25) is 0 Å². The summed E-state index contributed by atoms with van der Waals surface area (Å²) < 4.78 is 1.03. The van der Waals surface area contributed by atoms with E-state index in [0.717, 1.165) is 21.2 Å². The molecule has 0 saturated heterocycles. The number of rotatable bonds is 1. The second-order valence-electron chi connectivity index (χ2n) is 2.99. The standard InChI is InChI=1S/C11H10BrN/c1-8(2)11(7-13)9-3-5-10(12)6-4-9/h3-6H,1-2H3. The predicted octanol–water partition coefficient (Wildman–Crippen LogP) is 3.77. The van der Waals surface area contributed by atoms with Gasteiger partial charge in [0.15, 0.2) is 0 Å². The summed E-state index contributed by atoms with van der Waals surface area (Å²) in [4.78, 5) is 0. The van der Waals surface area contributed by atoms with Gasteiger partial charge in [0, 0.05) is 4.47 Å². The molecular formula is C11H10BrN. The number of hydrogen-bond donors (Lipinski definition) is 0. The molecule has 1 aromatic rings. The fourth-order valence-corrected chi connectivity index (χ4v) is 1.35. The molecule has 0 heterocycles. The third kappa shape index (κ3) is 2.43. The zero-order valence-electron chi connectivity index (χ0n) is 7.63. The molecule has 13 heavy (non-hydrogen) atoms.